The maximum absolute atomic E-state index is 4.71. The molecule has 2 heterocycles. The van der Waals surface area contributed by atoms with Gasteiger partial charge in [0.15, 0.2) is 5.16 Å². The highest BCUT2D eigenvalue weighted by atomic mass is 32.2. The number of hydrogen-bond acceptors (Lipinski definition) is 3. The van der Waals surface area contributed by atoms with Crippen LogP contribution in [0.25, 0.3) is 22.5 Å². The van der Waals surface area contributed by atoms with E-state index in [1.54, 1.807) is 18.0 Å². The summed E-state index contributed by atoms with van der Waals surface area (Å²) in [6.07, 6.45) is 3.63. The quantitative estimate of drug-likeness (QED) is 0.727. The highest BCUT2D eigenvalue weighted by molar-refractivity contribution is 7.99. The maximum Gasteiger partial charge on any atom is 0.166 e. The van der Waals surface area contributed by atoms with Crippen molar-refractivity contribution in [1.29, 1.82) is 0 Å². The Kier molecular flexibility index (Phi) is 3.83. The summed E-state index contributed by atoms with van der Waals surface area (Å²) in [5, 5.41) is 0.949. The first kappa shape index (κ1) is 12.9. The van der Waals surface area contributed by atoms with Crippen molar-refractivity contribution in [1.82, 2.24) is 15.0 Å². The molecule has 3 aromatic rings. The van der Waals surface area contributed by atoms with Gasteiger partial charge in [0.1, 0.15) is 0 Å². The first-order chi connectivity index (χ1) is 9.88. The van der Waals surface area contributed by atoms with Crippen molar-refractivity contribution in [3.8, 4) is 22.5 Å². The molecule has 0 saturated heterocycles. The summed E-state index contributed by atoms with van der Waals surface area (Å²) in [5.41, 5.74) is 4.18. The number of aromatic amines is 1. The van der Waals surface area contributed by atoms with Crippen LogP contribution in [-0.2, 0) is 0 Å². The summed E-state index contributed by atoms with van der Waals surface area (Å²) in [5.74, 6) is 0.994. The zero-order chi connectivity index (χ0) is 13.8. The lowest BCUT2D eigenvalue weighted by molar-refractivity contribution is 1.06. The van der Waals surface area contributed by atoms with Gasteiger partial charge < -0.3 is 4.98 Å². The number of thioether (sulfide) groups is 1. The molecule has 0 aliphatic heterocycles. The maximum atomic E-state index is 4.71. The number of imidazole rings is 1. The Hall–Kier alpha value is -2.07. The van der Waals surface area contributed by atoms with Crippen molar-refractivity contribution in [2.75, 3.05) is 5.75 Å². The monoisotopic (exact) mass is 281 g/mol. The Bertz CT molecular complexity index is 620. The fraction of sp³-hybridized carbons (Fsp3) is 0.125. The summed E-state index contributed by atoms with van der Waals surface area (Å²) in [6.45, 7) is 2.12. The first-order valence-electron chi connectivity index (χ1n) is 6.57. The number of nitrogens with zero attached hydrogens (tertiary/aromatic N) is 2. The van der Waals surface area contributed by atoms with Crippen molar-refractivity contribution in [2.24, 2.45) is 0 Å². The zero-order valence-electron chi connectivity index (χ0n) is 11.2. The van der Waals surface area contributed by atoms with E-state index in [9.17, 15) is 0 Å². The van der Waals surface area contributed by atoms with Gasteiger partial charge in [-0.1, -0.05) is 49.0 Å². The highest BCUT2D eigenvalue weighted by Crippen LogP contribution is 2.32. The minimum atomic E-state index is 0.949. The molecule has 0 aliphatic rings. The lowest BCUT2D eigenvalue weighted by Crippen LogP contribution is -1.84. The summed E-state index contributed by atoms with van der Waals surface area (Å²) < 4.78 is 0. The SMILES string of the molecule is CCSc1nc(-c2cccnc2)c(-c2ccccc2)[nH]1. The largest absolute Gasteiger partial charge is 0.332 e. The molecule has 0 amide bonds. The van der Waals surface area contributed by atoms with Gasteiger partial charge in [-0.2, -0.15) is 0 Å². The number of rotatable bonds is 4. The fourth-order valence-electron chi connectivity index (χ4n) is 2.08. The molecule has 3 rings (SSSR count). The van der Waals surface area contributed by atoms with Crippen LogP contribution in [0.3, 0.4) is 0 Å². The van der Waals surface area contributed by atoms with E-state index in [-0.39, 0.29) is 0 Å². The Labute approximate surface area is 122 Å². The van der Waals surface area contributed by atoms with Gasteiger partial charge >= 0.3 is 0 Å². The topological polar surface area (TPSA) is 41.6 Å². The van der Waals surface area contributed by atoms with Crippen LogP contribution in [-0.4, -0.2) is 20.7 Å². The third kappa shape index (κ3) is 2.60. The molecule has 3 nitrogen and oxygen atoms in total. The van der Waals surface area contributed by atoms with Crippen LogP contribution in [0.2, 0.25) is 0 Å². The van der Waals surface area contributed by atoms with E-state index in [2.05, 4.69) is 29.0 Å². The molecular formula is C16H15N3S. The zero-order valence-corrected chi connectivity index (χ0v) is 12.0. The van der Waals surface area contributed by atoms with Crippen LogP contribution in [0.1, 0.15) is 6.92 Å². The van der Waals surface area contributed by atoms with Gasteiger partial charge in [-0.15, -0.1) is 0 Å². The Morgan fingerprint density at radius 1 is 1.05 bits per heavy atom. The van der Waals surface area contributed by atoms with Crippen molar-refractivity contribution in [3.63, 3.8) is 0 Å². The Balaban J connectivity index is 2.13. The van der Waals surface area contributed by atoms with E-state index in [1.165, 1.54) is 0 Å². The third-order valence-electron chi connectivity index (χ3n) is 2.96. The molecule has 0 atom stereocenters. The van der Waals surface area contributed by atoms with Crippen LogP contribution in [0.15, 0.2) is 60.0 Å². The van der Waals surface area contributed by atoms with Crippen LogP contribution >= 0.6 is 11.8 Å². The molecule has 0 bridgehead atoms. The summed E-state index contributed by atoms with van der Waals surface area (Å²) >= 11 is 1.71. The molecule has 2 aromatic heterocycles. The van der Waals surface area contributed by atoms with Crippen LogP contribution in [0, 0.1) is 0 Å². The lowest BCUT2D eigenvalue weighted by atomic mass is 10.1. The van der Waals surface area contributed by atoms with E-state index in [4.69, 9.17) is 4.98 Å². The second-order valence-corrected chi connectivity index (χ2v) is 5.56. The minimum Gasteiger partial charge on any atom is -0.332 e. The van der Waals surface area contributed by atoms with E-state index in [0.717, 1.165) is 33.4 Å². The van der Waals surface area contributed by atoms with Crippen molar-refractivity contribution in [2.45, 2.75) is 12.1 Å². The molecular weight excluding hydrogens is 266 g/mol. The number of pyridine rings is 1. The molecule has 0 spiro atoms. The van der Waals surface area contributed by atoms with E-state index in [1.807, 2.05) is 36.5 Å². The minimum absolute atomic E-state index is 0.949. The van der Waals surface area contributed by atoms with Crippen molar-refractivity contribution in [3.05, 3.63) is 54.9 Å². The standard InChI is InChI=1S/C16H15N3S/c1-2-20-16-18-14(12-7-4-3-5-8-12)15(19-16)13-9-6-10-17-11-13/h3-11H,2H2,1H3,(H,18,19). The van der Waals surface area contributed by atoms with E-state index >= 15 is 0 Å². The summed E-state index contributed by atoms with van der Waals surface area (Å²) in [6, 6.07) is 14.2. The van der Waals surface area contributed by atoms with Gasteiger partial charge in [-0.05, 0) is 17.9 Å². The molecule has 20 heavy (non-hydrogen) atoms. The molecule has 0 radical (unpaired) electrons. The van der Waals surface area contributed by atoms with E-state index in [0.29, 0.717) is 0 Å². The van der Waals surface area contributed by atoms with Crippen LogP contribution in [0.5, 0.6) is 0 Å². The second kappa shape index (κ2) is 5.92. The van der Waals surface area contributed by atoms with Gasteiger partial charge in [-0.25, -0.2) is 4.98 Å². The van der Waals surface area contributed by atoms with Gasteiger partial charge in [0.2, 0.25) is 0 Å². The Morgan fingerprint density at radius 3 is 2.55 bits per heavy atom. The number of aromatic nitrogens is 3. The molecule has 0 unspecified atom stereocenters. The predicted octanol–water partition coefficient (Wildman–Crippen LogP) is 4.25. The number of hydrogen-bond donors (Lipinski definition) is 1. The normalized spacial score (nSPS) is 10.7. The number of H-pyrrole nitrogens is 1. The lowest BCUT2D eigenvalue weighted by Gasteiger charge is -2.02. The van der Waals surface area contributed by atoms with Gasteiger partial charge in [0.05, 0.1) is 11.4 Å². The molecule has 0 saturated carbocycles. The predicted molar refractivity (Wildman–Crippen MR) is 83.7 cm³/mol. The summed E-state index contributed by atoms with van der Waals surface area (Å²) in [4.78, 5) is 12.3. The first-order valence-corrected chi connectivity index (χ1v) is 7.55. The summed E-state index contributed by atoms with van der Waals surface area (Å²) in [7, 11) is 0. The van der Waals surface area contributed by atoms with Crippen molar-refractivity contribution >= 4 is 11.8 Å². The molecule has 1 aromatic carbocycles. The molecule has 1 N–H and O–H groups in total. The smallest absolute Gasteiger partial charge is 0.166 e. The third-order valence-corrected chi connectivity index (χ3v) is 3.72. The van der Waals surface area contributed by atoms with Crippen LogP contribution in [0.4, 0.5) is 0 Å². The average molecular weight is 281 g/mol. The average Bonchev–Trinajstić information content (AvgIpc) is 2.93. The Morgan fingerprint density at radius 2 is 1.85 bits per heavy atom. The fourth-order valence-corrected chi connectivity index (χ4v) is 2.69. The highest BCUT2D eigenvalue weighted by Gasteiger charge is 2.13. The van der Waals surface area contributed by atoms with Gasteiger partial charge in [0, 0.05) is 23.5 Å². The molecule has 0 aliphatic carbocycles. The number of benzene rings is 1. The van der Waals surface area contributed by atoms with Gasteiger partial charge in [-0.3, -0.25) is 4.98 Å². The number of nitrogens with one attached hydrogen (secondary N) is 1. The molecule has 0 fully saturated rings. The van der Waals surface area contributed by atoms with Crippen molar-refractivity contribution < 1.29 is 0 Å². The molecule has 4 heteroatoms. The van der Waals surface area contributed by atoms with E-state index < -0.39 is 0 Å². The van der Waals surface area contributed by atoms with Gasteiger partial charge in [0.25, 0.3) is 0 Å². The molecule has 100 valence electrons. The second-order valence-electron chi connectivity index (χ2n) is 4.31. The van der Waals surface area contributed by atoms with Crippen LogP contribution < -0.4 is 0 Å².